The first-order chi connectivity index (χ1) is 16.8. The van der Waals surface area contributed by atoms with E-state index in [0.29, 0.717) is 22.3 Å². The first kappa shape index (κ1) is 25.4. The van der Waals surface area contributed by atoms with Crippen molar-refractivity contribution in [2.24, 2.45) is 5.41 Å². The van der Waals surface area contributed by atoms with Crippen molar-refractivity contribution < 1.29 is 19.1 Å². The number of nitrogens with zero attached hydrogens (tertiary/aromatic N) is 1. The van der Waals surface area contributed by atoms with E-state index in [4.69, 9.17) is 9.47 Å². The molecule has 0 amide bonds. The average Bonchev–Trinajstić information content (AvgIpc) is 3.16. The summed E-state index contributed by atoms with van der Waals surface area (Å²) < 4.78 is 10.7. The third kappa shape index (κ3) is 5.75. The zero-order valence-electron chi connectivity index (χ0n) is 21.7. The molecule has 0 fully saturated rings. The molecule has 8 nitrogen and oxygen atoms in total. The highest BCUT2D eigenvalue weighted by molar-refractivity contribution is 5.90. The van der Waals surface area contributed by atoms with Gasteiger partial charge < -0.3 is 19.8 Å². The molecule has 0 aliphatic heterocycles. The maximum atomic E-state index is 12.8. The minimum atomic E-state index is -0.629. The van der Waals surface area contributed by atoms with Gasteiger partial charge >= 0.3 is 11.9 Å². The summed E-state index contributed by atoms with van der Waals surface area (Å²) >= 11 is 0. The molecule has 0 saturated heterocycles. The summed E-state index contributed by atoms with van der Waals surface area (Å²) in [6.45, 7) is 10.8. The van der Waals surface area contributed by atoms with Crippen LogP contribution in [0.15, 0.2) is 41.2 Å². The predicted octanol–water partition coefficient (Wildman–Crippen LogP) is 5.07. The van der Waals surface area contributed by atoms with Crippen molar-refractivity contribution in [1.29, 1.82) is 0 Å². The number of hydrogen-bond donors (Lipinski definition) is 2. The van der Waals surface area contributed by atoms with Gasteiger partial charge in [0.05, 0.1) is 27.9 Å². The SMILES string of the molecule is CC(C)(C)OC(=O)c1ccc(NC2CCc3cc4nc(COC(=O)C(C)(C)C)[nH]c(=O)c4cc32)cc1. The third-order valence-electron chi connectivity index (χ3n) is 5.91. The Morgan fingerprint density at radius 2 is 1.78 bits per heavy atom. The van der Waals surface area contributed by atoms with Crippen LogP contribution in [0.3, 0.4) is 0 Å². The quantitative estimate of drug-likeness (QED) is 0.480. The molecular weight excluding hydrogens is 458 g/mol. The number of esters is 2. The summed E-state index contributed by atoms with van der Waals surface area (Å²) in [4.78, 5) is 44.4. The average molecular weight is 492 g/mol. The second kappa shape index (κ2) is 9.41. The Hall–Kier alpha value is -3.68. The molecule has 0 radical (unpaired) electrons. The van der Waals surface area contributed by atoms with Crippen LogP contribution >= 0.6 is 0 Å². The van der Waals surface area contributed by atoms with E-state index in [-0.39, 0.29) is 30.1 Å². The minimum absolute atomic E-state index is 0.0311. The van der Waals surface area contributed by atoms with Crippen LogP contribution in [-0.4, -0.2) is 27.5 Å². The molecule has 2 aromatic carbocycles. The van der Waals surface area contributed by atoms with Crippen LogP contribution < -0.4 is 10.9 Å². The van der Waals surface area contributed by atoms with E-state index >= 15 is 0 Å². The van der Waals surface area contributed by atoms with Gasteiger partial charge in [0.25, 0.3) is 5.56 Å². The summed E-state index contributed by atoms with van der Waals surface area (Å²) in [5.41, 5.74) is 2.70. The summed E-state index contributed by atoms with van der Waals surface area (Å²) in [5, 5.41) is 4.01. The van der Waals surface area contributed by atoms with Gasteiger partial charge in [-0.15, -0.1) is 0 Å². The molecule has 1 unspecified atom stereocenters. The zero-order valence-corrected chi connectivity index (χ0v) is 21.7. The maximum absolute atomic E-state index is 12.8. The smallest absolute Gasteiger partial charge is 0.338 e. The van der Waals surface area contributed by atoms with Gasteiger partial charge in [0.2, 0.25) is 0 Å². The normalized spacial score (nSPS) is 15.4. The van der Waals surface area contributed by atoms with Crippen molar-refractivity contribution in [1.82, 2.24) is 9.97 Å². The maximum Gasteiger partial charge on any atom is 0.338 e. The second-order valence-electron chi connectivity index (χ2n) is 11.2. The zero-order chi connectivity index (χ0) is 26.3. The van der Waals surface area contributed by atoms with Crippen molar-refractivity contribution in [3.8, 4) is 0 Å². The fourth-order valence-electron chi connectivity index (χ4n) is 4.10. The molecule has 0 spiro atoms. The third-order valence-corrected chi connectivity index (χ3v) is 5.91. The number of fused-ring (bicyclic) bond motifs is 2. The van der Waals surface area contributed by atoms with E-state index in [0.717, 1.165) is 29.7 Å². The lowest BCUT2D eigenvalue weighted by molar-refractivity contribution is -0.154. The number of H-pyrrole nitrogens is 1. The summed E-state index contributed by atoms with van der Waals surface area (Å²) in [5.74, 6) is -0.388. The Kier molecular flexibility index (Phi) is 6.64. The molecule has 4 rings (SSSR count). The molecule has 36 heavy (non-hydrogen) atoms. The van der Waals surface area contributed by atoms with Crippen molar-refractivity contribution >= 4 is 28.5 Å². The number of benzene rings is 2. The lowest BCUT2D eigenvalue weighted by Crippen LogP contribution is -2.24. The fraction of sp³-hybridized carbons (Fsp3) is 0.429. The van der Waals surface area contributed by atoms with Crippen LogP contribution in [0.5, 0.6) is 0 Å². The number of aryl methyl sites for hydroxylation is 1. The van der Waals surface area contributed by atoms with Crippen molar-refractivity contribution in [3.05, 3.63) is 69.3 Å². The second-order valence-corrected chi connectivity index (χ2v) is 11.2. The van der Waals surface area contributed by atoms with Crippen molar-refractivity contribution in [2.45, 2.75) is 72.6 Å². The summed E-state index contributed by atoms with van der Waals surface area (Å²) in [7, 11) is 0. The molecule has 2 N–H and O–H groups in total. The lowest BCUT2D eigenvalue weighted by Gasteiger charge is -2.20. The molecule has 1 aliphatic rings. The first-order valence-corrected chi connectivity index (χ1v) is 12.1. The Labute approximate surface area is 210 Å². The standard InChI is InChI=1S/C28H33N3O5/c1-27(2,3)26(34)35-15-23-30-22-13-17-9-12-21(19(17)14-20(22)24(32)31-23)29-18-10-7-16(8-11-18)25(33)36-28(4,5)6/h7-8,10-11,13-14,21,29H,9,12,15H2,1-6H3,(H,30,31,32). The van der Waals surface area contributed by atoms with E-state index in [1.807, 2.05) is 45.0 Å². The monoisotopic (exact) mass is 491 g/mol. The fourth-order valence-corrected chi connectivity index (χ4v) is 4.10. The molecule has 1 heterocycles. The van der Waals surface area contributed by atoms with Gasteiger partial charge in [0, 0.05) is 5.69 Å². The molecule has 1 aliphatic carbocycles. The van der Waals surface area contributed by atoms with Crippen LogP contribution in [0.4, 0.5) is 5.69 Å². The van der Waals surface area contributed by atoms with E-state index in [1.54, 1.807) is 32.9 Å². The van der Waals surface area contributed by atoms with E-state index in [2.05, 4.69) is 15.3 Å². The van der Waals surface area contributed by atoms with Crippen LogP contribution in [0.25, 0.3) is 10.9 Å². The molecule has 1 atom stereocenters. The van der Waals surface area contributed by atoms with Gasteiger partial charge in [0.15, 0.2) is 0 Å². The van der Waals surface area contributed by atoms with Crippen molar-refractivity contribution in [2.75, 3.05) is 5.32 Å². The van der Waals surface area contributed by atoms with Crippen molar-refractivity contribution in [3.63, 3.8) is 0 Å². The van der Waals surface area contributed by atoms with Gasteiger partial charge in [-0.3, -0.25) is 9.59 Å². The molecular formula is C28H33N3O5. The number of rotatable bonds is 5. The molecule has 8 heteroatoms. The van der Waals surface area contributed by atoms with Crippen LogP contribution in [0, 0.1) is 5.41 Å². The highest BCUT2D eigenvalue weighted by atomic mass is 16.6. The molecule has 0 saturated carbocycles. The van der Waals surface area contributed by atoms with Gasteiger partial charge in [-0.2, -0.15) is 0 Å². The predicted molar refractivity (Wildman–Crippen MR) is 138 cm³/mol. The van der Waals surface area contributed by atoms with Gasteiger partial charge in [-0.1, -0.05) is 0 Å². The number of aromatic nitrogens is 2. The number of hydrogen-bond acceptors (Lipinski definition) is 7. The molecule has 1 aromatic heterocycles. The van der Waals surface area contributed by atoms with Crippen LogP contribution in [-0.2, 0) is 27.3 Å². The van der Waals surface area contributed by atoms with Crippen LogP contribution in [0.1, 0.15) is 81.3 Å². The molecule has 3 aromatic rings. The number of carbonyl (C=O) groups is 2. The number of anilines is 1. The Morgan fingerprint density at radius 3 is 2.42 bits per heavy atom. The number of carbonyl (C=O) groups excluding carboxylic acids is 2. The Bertz CT molecular complexity index is 1360. The number of aromatic amines is 1. The molecule has 0 bridgehead atoms. The largest absolute Gasteiger partial charge is 0.457 e. The lowest BCUT2D eigenvalue weighted by atomic mass is 9.97. The first-order valence-electron chi connectivity index (χ1n) is 12.1. The highest BCUT2D eigenvalue weighted by Gasteiger charge is 2.26. The number of ether oxygens (including phenoxy) is 2. The summed E-state index contributed by atoms with van der Waals surface area (Å²) in [6, 6.07) is 11.1. The van der Waals surface area contributed by atoms with Gasteiger partial charge in [-0.05, 0) is 102 Å². The van der Waals surface area contributed by atoms with E-state index < -0.39 is 11.0 Å². The van der Waals surface area contributed by atoms with Crippen LogP contribution in [0.2, 0.25) is 0 Å². The highest BCUT2D eigenvalue weighted by Crippen LogP contribution is 2.35. The minimum Gasteiger partial charge on any atom is -0.457 e. The van der Waals surface area contributed by atoms with Gasteiger partial charge in [0.1, 0.15) is 18.0 Å². The topological polar surface area (TPSA) is 110 Å². The van der Waals surface area contributed by atoms with E-state index in [9.17, 15) is 14.4 Å². The molecule has 190 valence electrons. The van der Waals surface area contributed by atoms with Gasteiger partial charge in [-0.25, -0.2) is 9.78 Å². The summed E-state index contributed by atoms with van der Waals surface area (Å²) in [6.07, 6.45) is 1.72. The Balaban J connectivity index is 1.51. The van der Waals surface area contributed by atoms with E-state index in [1.165, 1.54) is 0 Å². The number of nitrogens with one attached hydrogen (secondary N) is 2. The Morgan fingerprint density at radius 1 is 1.08 bits per heavy atom.